The molecule has 0 aliphatic rings. The summed E-state index contributed by atoms with van der Waals surface area (Å²) in [5.74, 6) is 0.827. The van der Waals surface area contributed by atoms with Gasteiger partial charge in [-0.2, -0.15) is 0 Å². The predicted molar refractivity (Wildman–Crippen MR) is 189 cm³/mol. The highest BCUT2D eigenvalue weighted by atomic mass is 15.1. The number of nitrogens with zero attached hydrogens (tertiary/aromatic N) is 5. The van der Waals surface area contributed by atoms with Gasteiger partial charge in [-0.3, -0.25) is 8.97 Å². The number of benzene rings is 6. The summed E-state index contributed by atoms with van der Waals surface area (Å²) in [6.07, 6.45) is 1.68. The largest absolute Gasteiger partial charge is 0.294 e. The fourth-order valence-corrected chi connectivity index (χ4v) is 7.13. The van der Waals surface area contributed by atoms with Crippen molar-refractivity contribution in [3.63, 3.8) is 0 Å². The zero-order valence-electron chi connectivity index (χ0n) is 24.7. The third-order valence-corrected chi connectivity index (χ3v) is 9.20. The number of hydrogen-bond acceptors (Lipinski definition) is 3. The summed E-state index contributed by atoms with van der Waals surface area (Å²) in [4.78, 5) is 14.7. The Kier molecular flexibility index (Phi) is 5.22. The molecule has 0 bridgehead atoms. The van der Waals surface area contributed by atoms with Gasteiger partial charge in [-0.05, 0) is 52.9 Å². The van der Waals surface area contributed by atoms with Gasteiger partial charge in [-0.1, -0.05) is 103 Å². The molecule has 0 aliphatic carbocycles. The second-order valence-corrected chi connectivity index (χ2v) is 11.8. The third-order valence-electron chi connectivity index (χ3n) is 9.20. The topological polar surface area (TPSA) is 48.0 Å². The van der Waals surface area contributed by atoms with Gasteiger partial charge in [0.05, 0.1) is 33.3 Å². The minimum atomic E-state index is 0.827. The molecule has 4 aromatic heterocycles. The summed E-state index contributed by atoms with van der Waals surface area (Å²) in [5, 5.41) is 5.91. The molecule has 10 aromatic rings. The number of pyridine rings is 1. The van der Waals surface area contributed by atoms with Gasteiger partial charge in [-0.15, -0.1) is 0 Å². The van der Waals surface area contributed by atoms with Crippen molar-refractivity contribution in [3.05, 3.63) is 152 Å². The predicted octanol–water partition coefficient (Wildman–Crippen LogP) is 10.0. The Morgan fingerprint density at radius 3 is 2.00 bits per heavy atom. The van der Waals surface area contributed by atoms with Crippen LogP contribution in [0, 0.1) is 0 Å². The average molecular weight is 588 g/mol. The van der Waals surface area contributed by atoms with Crippen molar-refractivity contribution >= 4 is 60.2 Å². The molecule has 0 saturated heterocycles. The Hall–Kier alpha value is -6.33. The highest BCUT2D eigenvalue weighted by molar-refractivity contribution is 6.20. The van der Waals surface area contributed by atoms with E-state index in [0.717, 1.165) is 61.3 Å². The summed E-state index contributed by atoms with van der Waals surface area (Å²) in [6.45, 7) is 0. The Balaban J connectivity index is 1.27. The van der Waals surface area contributed by atoms with Gasteiger partial charge < -0.3 is 0 Å². The lowest BCUT2D eigenvalue weighted by molar-refractivity contribution is 1.04. The second-order valence-electron chi connectivity index (χ2n) is 11.8. The van der Waals surface area contributed by atoms with E-state index in [0.29, 0.717) is 0 Å². The molecule has 0 N–H and O–H groups in total. The van der Waals surface area contributed by atoms with Crippen molar-refractivity contribution in [1.29, 1.82) is 0 Å². The lowest BCUT2D eigenvalue weighted by Crippen LogP contribution is -2.00. The summed E-state index contributed by atoms with van der Waals surface area (Å²) in [6, 6.07) is 51.4. The molecule has 6 aromatic carbocycles. The average Bonchev–Trinajstić information content (AvgIpc) is 3.68. The van der Waals surface area contributed by atoms with E-state index in [4.69, 9.17) is 15.0 Å². The normalized spacial score (nSPS) is 11.9. The zero-order valence-corrected chi connectivity index (χ0v) is 24.7. The fourth-order valence-electron chi connectivity index (χ4n) is 7.13. The maximum Gasteiger partial charge on any atom is 0.146 e. The molecular weight excluding hydrogens is 562 g/mol. The maximum atomic E-state index is 5.11. The standard InChI is InChI=1S/C41H25N5/c1-2-11-26(12-3-1)27-13-10-14-28(21-27)35-23-40(43-25-42-35)45-36-19-8-6-16-30(36)33-22-32-29-15-4-5-17-31(29)41-44-34-18-7-9-20-37(34)46(41)39(32)24-38(33)45/h1-25H. The van der Waals surface area contributed by atoms with Crippen LogP contribution in [0.2, 0.25) is 0 Å². The summed E-state index contributed by atoms with van der Waals surface area (Å²) < 4.78 is 4.59. The van der Waals surface area contributed by atoms with E-state index in [1.165, 1.54) is 27.1 Å². The molecule has 214 valence electrons. The van der Waals surface area contributed by atoms with Crippen LogP contribution < -0.4 is 0 Å². The van der Waals surface area contributed by atoms with E-state index in [1.54, 1.807) is 6.33 Å². The number of imidazole rings is 1. The lowest BCUT2D eigenvalue weighted by Gasteiger charge is -2.12. The van der Waals surface area contributed by atoms with Crippen molar-refractivity contribution in [2.75, 3.05) is 0 Å². The van der Waals surface area contributed by atoms with Crippen LogP contribution in [-0.4, -0.2) is 23.9 Å². The molecule has 10 rings (SSSR count). The number of aromatic nitrogens is 5. The second kappa shape index (κ2) is 9.58. The molecule has 0 aliphatic heterocycles. The first kappa shape index (κ1) is 25.0. The molecule has 0 spiro atoms. The Labute approximate surface area is 263 Å². The number of rotatable bonds is 3. The molecule has 4 heterocycles. The van der Waals surface area contributed by atoms with Crippen molar-refractivity contribution in [2.24, 2.45) is 0 Å². The van der Waals surface area contributed by atoms with Crippen LogP contribution in [-0.2, 0) is 0 Å². The van der Waals surface area contributed by atoms with E-state index in [9.17, 15) is 0 Å². The van der Waals surface area contributed by atoms with Gasteiger partial charge in [0.2, 0.25) is 0 Å². The van der Waals surface area contributed by atoms with Crippen molar-refractivity contribution < 1.29 is 0 Å². The van der Waals surface area contributed by atoms with Crippen LogP contribution in [0.3, 0.4) is 0 Å². The Morgan fingerprint density at radius 1 is 0.413 bits per heavy atom. The lowest BCUT2D eigenvalue weighted by atomic mass is 10.0. The third kappa shape index (κ3) is 3.60. The van der Waals surface area contributed by atoms with Gasteiger partial charge in [0.1, 0.15) is 17.8 Å². The highest BCUT2D eigenvalue weighted by Gasteiger charge is 2.19. The smallest absolute Gasteiger partial charge is 0.146 e. The van der Waals surface area contributed by atoms with Gasteiger partial charge in [0.25, 0.3) is 0 Å². The molecule has 0 fully saturated rings. The van der Waals surface area contributed by atoms with E-state index in [1.807, 2.05) is 6.07 Å². The van der Waals surface area contributed by atoms with Gasteiger partial charge in [0.15, 0.2) is 0 Å². The van der Waals surface area contributed by atoms with Crippen molar-refractivity contribution in [3.8, 4) is 28.2 Å². The minimum Gasteiger partial charge on any atom is -0.294 e. The summed E-state index contributed by atoms with van der Waals surface area (Å²) in [7, 11) is 0. The first-order valence-corrected chi connectivity index (χ1v) is 15.4. The number of hydrogen-bond donors (Lipinski definition) is 0. The first-order valence-electron chi connectivity index (χ1n) is 15.4. The van der Waals surface area contributed by atoms with E-state index < -0.39 is 0 Å². The van der Waals surface area contributed by atoms with Gasteiger partial charge in [-0.25, -0.2) is 15.0 Å². The maximum absolute atomic E-state index is 5.11. The molecule has 46 heavy (non-hydrogen) atoms. The summed E-state index contributed by atoms with van der Waals surface area (Å²) in [5.41, 5.74) is 10.6. The van der Waals surface area contributed by atoms with Crippen LogP contribution >= 0.6 is 0 Å². The molecule has 5 heteroatoms. The van der Waals surface area contributed by atoms with Gasteiger partial charge >= 0.3 is 0 Å². The Morgan fingerprint density at radius 2 is 1.11 bits per heavy atom. The van der Waals surface area contributed by atoms with E-state index >= 15 is 0 Å². The zero-order chi connectivity index (χ0) is 30.2. The fraction of sp³-hybridized carbons (Fsp3) is 0. The van der Waals surface area contributed by atoms with E-state index in [2.05, 4.69) is 148 Å². The van der Waals surface area contributed by atoms with Crippen LogP contribution in [0.15, 0.2) is 152 Å². The van der Waals surface area contributed by atoms with Crippen molar-refractivity contribution in [1.82, 2.24) is 23.9 Å². The molecule has 0 unspecified atom stereocenters. The molecule has 0 saturated carbocycles. The molecule has 0 radical (unpaired) electrons. The quantitative estimate of drug-likeness (QED) is 0.193. The van der Waals surface area contributed by atoms with Crippen molar-refractivity contribution in [2.45, 2.75) is 0 Å². The van der Waals surface area contributed by atoms with Crippen LogP contribution in [0.4, 0.5) is 0 Å². The number of para-hydroxylation sites is 3. The molecular formula is C41H25N5. The Bertz CT molecular complexity index is 2810. The molecule has 0 amide bonds. The van der Waals surface area contributed by atoms with Crippen LogP contribution in [0.1, 0.15) is 0 Å². The number of fused-ring (bicyclic) bond motifs is 11. The van der Waals surface area contributed by atoms with Gasteiger partial charge in [0, 0.05) is 33.2 Å². The SMILES string of the molecule is c1ccc(-c2cccc(-c3cc(-n4c5ccccc5c5cc6c7ccccc7c7nc8ccccc8n7c6cc54)ncn3)c2)cc1. The highest BCUT2D eigenvalue weighted by Crippen LogP contribution is 2.39. The van der Waals surface area contributed by atoms with E-state index in [-0.39, 0.29) is 0 Å². The molecule has 0 atom stereocenters. The first-order chi connectivity index (χ1) is 22.8. The molecule has 5 nitrogen and oxygen atoms in total. The summed E-state index contributed by atoms with van der Waals surface area (Å²) >= 11 is 0. The minimum absolute atomic E-state index is 0.827. The van der Waals surface area contributed by atoms with Crippen LogP contribution in [0.5, 0.6) is 0 Å². The van der Waals surface area contributed by atoms with Crippen LogP contribution in [0.25, 0.3) is 88.4 Å². The monoisotopic (exact) mass is 587 g/mol.